The SMILES string of the molecule is Cc1ncc2c(Cl)cc(C(C)NC(=O)c3c(N)nn4cccnc34)c(-c3cccc(F)c3)n12.O=C(O)C(F)(F)F. The summed E-state index contributed by atoms with van der Waals surface area (Å²) in [4.78, 5) is 30.7. The Morgan fingerprint density at radius 1 is 1.18 bits per heavy atom. The van der Waals surface area contributed by atoms with Gasteiger partial charge >= 0.3 is 12.1 Å². The lowest BCUT2D eigenvalue weighted by atomic mass is 9.99. The molecule has 208 valence electrons. The van der Waals surface area contributed by atoms with Gasteiger partial charge in [0.2, 0.25) is 0 Å². The van der Waals surface area contributed by atoms with Crippen LogP contribution in [0, 0.1) is 12.7 Å². The molecule has 0 saturated heterocycles. The fourth-order valence-electron chi connectivity index (χ4n) is 4.03. The molecule has 0 bridgehead atoms. The molecule has 10 nitrogen and oxygen atoms in total. The molecule has 5 rings (SSSR count). The summed E-state index contributed by atoms with van der Waals surface area (Å²) in [5.74, 6) is -2.81. The van der Waals surface area contributed by atoms with E-state index in [0.29, 0.717) is 38.8 Å². The number of anilines is 1. The number of amides is 1. The van der Waals surface area contributed by atoms with E-state index in [1.807, 2.05) is 18.2 Å². The largest absolute Gasteiger partial charge is 0.490 e. The smallest absolute Gasteiger partial charge is 0.475 e. The highest BCUT2D eigenvalue weighted by Gasteiger charge is 2.38. The number of carbonyl (C=O) groups is 2. The van der Waals surface area contributed by atoms with Gasteiger partial charge in [0.15, 0.2) is 11.5 Å². The van der Waals surface area contributed by atoms with Crippen LogP contribution in [0.15, 0.2) is 55.0 Å². The summed E-state index contributed by atoms with van der Waals surface area (Å²) in [5.41, 5.74) is 9.23. The zero-order valence-corrected chi connectivity index (χ0v) is 21.5. The van der Waals surface area contributed by atoms with Crippen molar-refractivity contribution >= 4 is 40.5 Å². The number of hydrogen-bond acceptors (Lipinski definition) is 6. The number of nitrogen functional groups attached to an aromatic ring is 1. The highest BCUT2D eigenvalue weighted by atomic mass is 35.5. The molecule has 0 spiro atoms. The molecule has 1 amide bonds. The number of rotatable bonds is 4. The van der Waals surface area contributed by atoms with Crippen LogP contribution in [0.3, 0.4) is 0 Å². The van der Waals surface area contributed by atoms with Crippen molar-refractivity contribution in [2.75, 3.05) is 5.73 Å². The maximum atomic E-state index is 14.1. The van der Waals surface area contributed by atoms with Gasteiger partial charge in [-0.1, -0.05) is 23.7 Å². The van der Waals surface area contributed by atoms with E-state index < -0.39 is 24.1 Å². The summed E-state index contributed by atoms with van der Waals surface area (Å²) in [5, 5.41) is 14.7. The van der Waals surface area contributed by atoms with E-state index in [1.165, 1.54) is 16.6 Å². The van der Waals surface area contributed by atoms with E-state index in [1.54, 1.807) is 42.9 Å². The molecule has 15 heteroatoms. The van der Waals surface area contributed by atoms with Gasteiger partial charge in [-0.3, -0.25) is 9.20 Å². The van der Waals surface area contributed by atoms with Crippen LogP contribution >= 0.6 is 11.6 Å². The highest BCUT2D eigenvalue weighted by Crippen LogP contribution is 2.35. The summed E-state index contributed by atoms with van der Waals surface area (Å²) in [6.45, 7) is 3.66. The maximum Gasteiger partial charge on any atom is 0.490 e. The minimum atomic E-state index is -5.08. The van der Waals surface area contributed by atoms with Crippen molar-refractivity contribution < 1.29 is 32.3 Å². The number of fused-ring (bicyclic) bond motifs is 2. The second-order valence-electron chi connectivity index (χ2n) is 8.48. The number of aryl methyl sites for hydroxylation is 1. The number of aliphatic carboxylic acids is 1. The Bertz CT molecular complexity index is 1750. The first-order chi connectivity index (χ1) is 18.8. The number of nitrogens with two attached hydrogens (primary N) is 1. The molecule has 1 aromatic carbocycles. The summed E-state index contributed by atoms with van der Waals surface area (Å²) < 4.78 is 49.2. The number of aromatic nitrogens is 5. The molecule has 0 fully saturated rings. The lowest BCUT2D eigenvalue weighted by Crippen LogP contribution is -2.28. The van der Waals surface area contributed by atoms with Crippen molar-refractivity contribution in [3.05, 3.63) is 82.8 Å². The third-order valence-corrected chi connectivity index (χ3v) is 6.07. The molecule has 40 heavy (non-hydrogen) atoms. The number of pyridine rings is 1. The first-order valence-corrected chi connectivity index (χ1v) is 11.8. The molecule has 0 aliphatic heterocycles. The van der Waals surface area contributed by atoms with Crippen molar-refractivity contribution in [2.45, 2.75) is 26.1 Å². The van der Waals surface area contributed by atoms with Crippen molar-refractivity contribution in [1.29, 1.82) is 0 Å². The molecule has 4 N–H and O–H groups in total. The number of nitrogens with zero attached hydrogens (tertiary/aromatic N) is 5. The van der Waals surface area contributed by atoms with Gasteiger partial charge in [0.1, 0.15) is 17.2 Å². The fraction of sp³-hybridized carbons (Fsp3) is 0.160. The lowest BCUT2D eigenvalue weighted by molar-refractivity contribution is -0.192. The Labute approximate surface area is 228 Å². The second kappa shape index (κ2) is 10.8. The minimum absolute atomic E-state index is 0.0719. The van der Waals surface area contributed by atoms with Gasteiger partial charge in [-0.05, 0) is 38.1 Å². The minimum Gasteiger partial charge on any atom is -0.475 e. The molecule has 1 atom stereocenters. The number of hydrogen-bond donors (Lipinski definition) is 3. The van der Waals surface area contributed by atoms with E-state index >= 15 is 0 Å². The van der Waals surface area contributed by atoms with Crippen LogP contribution in [0.2, 0.25) is 5.02 Å². The number of nitrogens with one attached hydrogen (secondary N) is 1. The number of imidazole rings is 1. The van der Waals surface area contributed by atoms with Crippen molar-refractivity contribution in [3.8, 4) is 11.3 Å². The Morgan fingerprint density at radius 3 is 2.52 bits per heavy atom. The van der Waals surface area contributed by atoms with E-state index in [-0.39, 0.29) is 17.2 Å². The summed E-state index contributed by atoms with van der Waals surface area (Å²) >= 11 is 6.56. The molecular weight excluding hydrogens is 558 g/mol. The summed E-state index contributed by atoms with van der Waals surface area (Å²) in [7, 11) is 0. The highest BCUT2D eigenvalue weighted by molar-refractivity contribution is 6.34. The standard InChI is InChI=1S/C23H19ClFN7O.C2HF3O2/c1-12(29-23(33)19-21(26)30-31-8-4-7-27-22(19)31)16-10-17(24)18-11-28-13(2)32(18)20(16)14-5-3-6-15(25)9-14;3-2(4,5)1(6)7/h3-12H,1-2H3,(H2,26,30)(H,29,33);(H,6,7). The van der Waals surface area contributed by atoms with Gasteiger partial charge in [0.25, 0.3) is 5.91 Å². The lowest BCUT2D eigenvalue weighted by Gasteiger charge is -2.21. The number of carboxylic acid groups (broad SMARTS) is 1. The second-order valence-corrected chi connectivity index (χ2v) is 8.89. The maximum absolute atomic E-state index is 14.1. The topological polar surface area (TPSA) is 140 Å². The van der Waals surface area contributed by atoms with Crippen molar-refractivity contribution in [1.82, 2.24) is 29.3 Å². The summed E-state index contributed by atoms with van der Waals surface area (Å²) in [6.07, 6.45) is -0.191. The molecule has 5 aromatic rings. The number of alkyl halides is 3. The molecule has 0 aliphatic rings. The van der Waals surface area contributed by atoms with E-state index in [0.717, 1.165) is 0 Å². The molecule has 4 aromatic heterocycles. The predicted molar refractivity (Wildman–Crippen MR) is 137 cm³/mol. The van der Waals surface area contributed by atoms with E-state index in [2.05, 4.69) is 20.4 Å². The zero-order valence-electron chi connectivity index (χ0n) is 20.7. The normalized spacial score (nSPS) is 12.2. The van der Waals surface area contributed by atoms with Crippen molar-refractivity contribution in [3.63, 3.8) is 0 Å². The number of benzene rings is 1. The van der Waals surface area contributed by atoms with Gasteiger partial charge in [-0.25, -0.2) is 23.7 Å². The van der Waals surface area contributed by atoms with E-state index in [4.69, 9.17) is 27.2 Å². The van der Waals surface area contributed by atoms with Crippen LogP contribution in [0.5, 0.6) is 0 Å². The molecule has 1 unspecified atom stereocenters. The summed E-state index contributed by atoms with van der Waals surface area (Å²) in [6, 6.07) is 9.20. The van der Waals surface area contributed by atoms with Gasteiger partial charge in [0.05, 0.1) is 28.5 Å². The number of carbonyl (C=O) groups excluding carboxylic acids is 1. The third kappa shape index (κ3) is 5.52. The Hall–Kier alpha value is -4.72. The molecule has 0 aliphatic carbocycles. The van der Waals surface area contributed by atoms with Crippen LogP contribution in [0.4, 0.5) is 23.4 Å². The fourth-order valence-corrected chi connectivity index (χ4v) is 4.28. The van der Waals surface area contributed by atoms with Crippen molar-refractivity contribution in [2.24, 2.45) is 0 Å². The Balaban J connectivity index is 0.000000470. The average molecular weight is 578 g/mol. The zero-order chi connectivity index (χ0) is 29.4. The molecule has 4 heterocycles. The Morgan fingerprint density at radius 2 is 1.88 bits per heavy atom. The third-order valence-electron chi connectivity index (χ3n) is 5.77. The quantitative estimate of drug-likeness (QED) is 0.259. The van der Waals surface area contributed by atoms with Gasteiger partial charge < -0.3 is 16.2 Å². The monoisotopic (exact) mass is 577 g/mol. The van der Waals surface area contributed by atoms with E-state index in [9.17, 15) is 22.4 Å². The number of carboxylic acids is 1. The van der Waals surface area contributed by atoms with Crippen LogP contribution in [0.25, 0.3) is 22.4 Å². The first-order valence-electron chi connectivity index (χ1n) is 11.4. The first kappa shape index (κ1) is 28.3. The van der Waals surface area contributed by atoms with Crippen LogP contribution in [0.1, 0.15) is 34.7 Å². The van der Waals surface area contributed by atoms with Gasteiger partial charge in [0, 0.05) is 23.5 Å². The molecular formula is C25H20ClF4N7O3. The van der Waals surface area contributed by atoms with Crippen LogP contribution in [-0.2, 0) is 4.79 Å². The molecule has 0 saturated carbocycles. The predicted octanol–water partition coefficient (Wildman–Crippen LogP) is 4.85. The van der Waals surface area contributed by atoms with Gasteiger partial charge in [-0.15, -0.1) is 5.10 Å². The number of halogens is 5. The molecule has 0 radical (unpaired) electrons. The average Bonchev–Trinajstić information content (AvgIpc) is 3.43. The van der Waals surface area contributed by atoms with Gasteiger partial charge in [-0.2, -0.15) is 13.2 Å². The van der Waals surface area contributed by atoms with Crippen LogP contribution in [-0.4, -0.2) is 47.1 Å². The Kier molecular flexibility index (Phi) is 7.64. The van der Waals surface area contributed by atoms with Crippen LogP contribution < -0.4 is 11.1 Å².